The Kier molecular flexibility index (Phi) is 2.94. The lowest BCUT2D eigenvalue weighted by molar-refractivity contribution is -0.145. The average molecular weight is 175 g/mol. The van der Waals surface area contributed by atoms with Crippen molar-refractivity contribution in [3.8, 4) is 0 Å². The SMILES string of the molecule is COC(=O)[C@@H]1CC=C[C@@H](Cl)C1. The number of rotatable bonds is 1. The van der Waals surface area contributed by atoms with E-state index >= 15 is 0 Å². The van der Waals surface area contributed by atoms with Crippen LogP contribution in [-0.4, -0.2) is 18.5 Å². The van der Waals surface area contributed by atoms with Crippen LogP contribution in [0.1, 0.15) is 12.8 Å². The first-order valence-electron chi connectivity index (χ1n) is 3.62. The van der Waals surface area contributed by atoms with Crippen LogP contribution in [0, 0.1) is 5.92 Å². The molecule has 0 aromatic carbocycles. The van der Waals surface area contributed by atoms with Crippen molar-refractivity contribution < 1.29 is 9.53 Å². The number of carbonyl (C=O) groups excluding carboxylic acids is 1. The van der Waals surface area contributed by atoms with Gasteiger partial charge in [-0.15, -0.1) is 11.6 Å². The van der Waals surface area contributed by atoms with Crippen molar-refractivity contribution >= 4 is 17.6 Å². The Morgan fingerprint density at radius 3 is 3.00 bits per heavy atom. The predicted octanol–water partition coefficient (Wildman–Crippen LogP) is 1.73. The second-order valence-electron chi connectivity index (χ2n) is 2.64. The summed E-state index contributed by atoms with van der Waals surface area (Å²) < 4.78 is 4.61. The minimum atomic E-state index is -0.153. The molecular weight excluding hydrogens is 164 g/mol. The Labute approximate surface area is 71.2 Å². The number of allylic oxidation sites excluding steroid dienone is 2. The van der Waals surface area contributed by atoms with Gasteiger partial charge in [0.25, 0.3) is 0 Å². The molecule has 0 saturated carbocycles. The van der Waals surface area contributed by atoms with Crippen LogP contribution in [-0.2, 0) is 9.53 Å². The van der Waals surface area contributed by atoms with Crippen molar-refractivity contribution in [3.63, 3.8) is 0 Å². The van der Waals surface area contributed by atoms with Crippen LogP contribution in [0.4, 0.5) is 0 Å². The third-order valence-electron chi connectivity index (χ3n) is 1.81. The monoisotopic (exact) mass is 174 g/mol. The summed E-state index contributed by atoms with van der Waals surface area (Å²) in [4.78, 5) is 11.0. The quantitative estimate of drug-likeness (QED) is 0.344. The lowest BCUT2D eigenvalue weighted by Crippen LogP contribution is -2.21. The van der Waals surface area contributed by atoms with Crippen LogP contribution in [0.15, 0.2) is 12.2 Å². The van der Waals surface area contributed by atoms with Gasteiger partial charge in [-0.1, -0.05) is 12.2 Å². The third kappa shape index (κ3) is 2.22. The summed E-state index contributed by atoms with van der Waals surface area (Å²) in [5.41, 5.74) is 0. The Morgan fingerprint density at radius 1 is 1.73 bits per heavy atom. The molecular formula is C8H11ClO2. The van der Waals surface area contributed by atoms with Gasteiger partial charge in [-0.25, -0.2) is 0 Å². The number of esters is 1. The van der Waals surface area contributed by atoms with E-state index in [2.05, 4.69) is 4.74 Å². The Hall–Kier alpha value is -0.500. The Morgan fingerprint density at radius 2 is 2.45 bits per heavy atom. The first-order chi connectivity index (χ1) is 5.24. The van der Waals surface area contributed by atoms with Crippen LogP contribution in [0.2, 0.25) is 0 Å². The molecule has 11 heavy (non-hydrogen) atoms. The molecule has 0 bridgehead atoms. The van der Waals surface area contributed by atoms with Gasteiger partial charge in [0.15, 0.2) is 0 Å². The Balaban J connectivity index is 2.49. The van der Waals surface area contributed by atoms with E-state index in [-0.39, 0.29) is 17.3 Å². The lowest BCUT2D eigenvalue weighted by atomic mass is 9.94. The topological polar surface area (TPSA) is 26.3 Å². The fourth-order valence-electron chi connectivity index (χ4n) is 1.20. The molecule has 0 aromatic rings. The number of halogens is 1. The van der Waals surface area contributed by atoms with Gasteiger partial charge in [-0.2, -0.15) is 0 Å². The van der Waals surface area contributed by atoms with E-state index in [0.717, 1.165) is 6.42 Å². The summed E-state index contributed by atoms with van der Waals surface area (Å²) in [6.45, 7) is 0. The van der Waals surface area contributed by atoms with Crippen LogP contribution < -0.4 is 0 Å². The maximum atomic E-state index is 11.0. The van der Waals surface area contributed by atoms with Gasteiger partial charge in [-0.3, -0.25) is 4.79 Å². The zero-order chi connectivity index (χ0) is 8.27. The predicted molar refractivity (Wildman–Crippen MR) is 43.5 cm³/mol. The van der Waals surface area contributed by atoms with Gasteiger partial charge in [0.05, 0.1) is 18.4 Å². The van der Waals surface area contributed by atoms with E-state index in [0.29, 0.717) is 6.42 Å². The largest absolute Gasteiger partial charge is 0.469 e. The fraction of sp³-hybridized carbons (Fsp3) is 0.625. The first kappa shape index (κ1) is 8.60. The molecule has 0 fully saturated rings. The molecule has 0 amide bonds. The standard InChI is InChI=1S/C8H11ClO2/c1-11-8(10)6-3-2-4-7(9)5-6/h2,4,6-7H,3,5H2,1H3/t6-,7-/m1/s1. The normalized spacial score (nSPS) is 30.0. The molecule has 0 aliphatic heterocycles. The van der Waals surface area contributed by atoms with Gasteiger partial charge in [0.1, 0.15) is 0 Å². The number of carbonyl (C=O) groups is 1. The van der Waals surface area contributed by atoms with E-state index in [9.17, 15) is 4.79 Å². The molecule has 62 valence electrons. The molecule has 3 heteroatoms. The first-order valence-corrected chi connectivity index (χ1v) is 4.06. The zero-order valence-corrected chi connectivity index (χ0v) is 7.17. The van der Waals surface area contributed by atoms with E-state index in [1.165, 1.54) is 7.11 Å². The lowest BCUT2D eigenvalue weighted by Gasteiger charge is -2.18. The highest BCUT2D eigenvalue weighted by Gasteiger charge is 2.23. The van der Waals surface area contributed by atoms with Crippen molar-refractivity contribution in [2.24, 2.45) is 5.92 Å². The number of alkyl halides is 1. The minimum absolute atomic E-state index is 0.00662. The van der Waals surface area contributed by atoms with Crippen LogP contribution in [0.25, 0.3) is 0 Å². The van der Waals surface area contributed by atoms with Crippen molar-refractivity contribution in [3.05, 3.63) is 12.2 Å². The van der Waals surface area contributed by atoms with Crippen molar-refractivity contribution in [2.45, 2.75) is 18.2 Å². The molecule has 0 N–H and O–H groups in total. The van der Waals surface area contributed by atoms with Crippen molar-refractivity contribution in [1.29, 1.82) is 0 Å². The van der Waals surface area contributed by atoms with Gasteiger partial charge >= 0.3 is 5.97 Å². The average Bonchev–Trinajstić information content (AvgIpc) is 2.03. The molecule has 2 nitrogen and oxygen atoms in total. The second kappa shape index (κ2) is 3.77. The van der Waals surface area contributed by atoms with Crippen LogP contribution >= 0.6 is 11.6 Å². The molecule has 0 heterocycles. The smallest absolute Gasteiger partial charge is 0.309 e. The molecule has 0 radical (unpaired) electrons. The molecule has 0 unspecified atom stereocenters. The highest BCUT2D eigenvalue weighted by atomic mass is 35.5. The summed E-state index contributed by atoms with van der Waals surface area (Å²) >= 11 is 5.82. The van der Waals surface area contributed by atoms with E-state index in [1.807, 2.05) is 12.2 Å². The molecule has 1 rings (SSSR count). The van der Waals surface area contributed by atoms with Crippen LogP contribution in [0.5, 0.6) is 0 Å². The number of ether oxygens (including phenoxy) is 1. The molecule has 2 atom stereocenters. The fourth-order valence-corrected chi connectivity index (χ4v) is 1.51. The van der Waals surface area contributed by atoms with E-state index in [4.69, 9.17) is 11.6 Å². The highest BCUT2D eigenvalue weighted by molar-refractivity contribution is 6.22. The third-order valence-corrected chi connectivity index (χ3v) is 2.13. The molecule has 1 aliphatic carbocycles. The van der Waals surface area contributed by atoms with Crippen molar-refractivity contribution in [2.75, 3.05) is 7.11 Å². The number of hydrogen-bond donors (Lipinski definition) is 0. The van der Waals surface area contributed by atoms with Gasteiger partial charge in [-0.05, 0) is 12.8 Å². The molecule has 1 aliphatic rings. The summed E-state index contributed by atoms with van der Waals surface area (Å²) in [5.74, 6) is -0.188. The maximum absolute atomic E-state index is 11.0. The highest BCUT2D eigenvalue weighted by Crippen LogP contribution is 2.22. The zero-order valence-electron chi connectivity index (χ0n) is 6.42. The molecule has 0 spiro atoms. The maximum Gasteiger partial charge on any atom is 0.309 e. The molecule has 0 aromatic heterocycles. The second-order valence-corrected chi connectivity index (χ2v) is 3.20. The Bertz CT molecular complexity index is 177. The summed E-state index contributed by atoms with van der Waals surface area (Å²) in [6, 6.07) is 0. The number of methoxy groups -OCH3 is 1. The van der Waals surface area contributed by atoms with Crippen molar-refractivity contribution in [1.82, 2.24) is 0 Å². The van der Waals surface area contributed by atoms with E-state index in [1.54, 1.807) is 0 Å². The van der Waals surface area contributed by atoms with E-state index < -0.39 is 0 Å². The van der Waals surface area contributed by atoms with Gasteiger partial charge in [0.2, 0.25) is 0 Å². The summed E-state index contributed by atoms with van der Waals surface area (Å²) in [7, 11) is 1.41. The van der Waals surface area contributed by atoms with Crippen LogP contribution in [0.3, 0.4) is 0 Å². The van der Waals surface area contributed by atoms with Gasteiger partial charge < -0.3 is 4.74 Å². The summed E-state index contributed by atoms with van der Waals surface area (Å²) in [6.07, 6.45) is 5.31. The molecule has 0 saturated heterocycles. The minimum Gasteiger partial charge on any atom is -0.469 e. The summed E-state index contributed by atoms with van der Waals surface area (Å²) in [5, 5.41) is -0.00662. The number of hydrogen-bond acceptors (Lipinski definition) is 2. The van der Waals surface area contributed by atoms with Gasteiger partial charge in [0, 0.05) is 0 Å².